The molecule has 1 rings (SSSR count). The highest BCUT2D eigenvalue weighted by molar-refractivity contribution is 6.01. The molecule has 20 heavy (non-hydrogen) atoms. The summed E-state index contributed by atoms with van der Waals surface area (Å²) in [5.41, 5.74) is 0. The van der Waals surface area contributed by atoms with Crippen LogP contribution in [0.15, 0.2) is 0 Å². The van der Waals surface area contributed by atoms with Crippen LogP contribution in [0.25, 0.3) is 0 Å². The number of imide groups is 1. The van der Waals surface area contributed by atoms with Gasteiger partial charge in [0, 0.05) is 25.8 Å². The summed E-state index contributed by atoms with van der Waals surface area (Å²) in [4.78, 5) is 34.4. The summed E-state index contributed by atoms with van der Waals surface area (Å²) in [6.07, 6.45) is 9.25. The van der Waals surface area contributed by atoms with Gasteiger partial charge in [-0.3, -0.25) is 19.3 Å². The number of nitrogens with zero attached hydrogens (tertiary/aromatic N) is 1. The zero-order chi connectivity index (χ0) is 14.8. The molecular weight excluding hydrogens is 258 g/mol. The Morgan fingerprint density at radius 3 is 1.80 bits per heavy atom. The molecule has 114 valence electrons. The van der Waals surface area contributed by atoms with Crippen LogP contribution < -0.4 is 0 Å². The zero-order valence-corrected chi connectivity index (χ0v) is 12.1. The van der Waals surface area contributed by atoms with Crippen molar-refractivity contribution in [3.8, 4) is 0 Å². The molecule has 5 nitrogen and oxygen atoms in total. The number of unbranched alkanes of at least 4 members (excludes halogenated alkanes) is 7. The molecule has 1 saturated heterocycles. The fourth-order valence-corrected chi connectivity index (χ4v) is 2.48. The van der Waals surface area contributed by atoms with Crippen molar-refractivity contribution in [2.75, 3.05) is 6.54 Å². The number of likely N-dealkylation sites (tertiary alicyclic amines) is 1. The maximum atomic E-state index is 11.4. The molecule has 0 spiro atoms. The number of aliphatic carboxylic acids is 1. The SMILES string of the molecule is O=C(O)CCCCCCCCCCN1C(=O)CCC1=O. The van der Waals surface area contributed by atoms with E-state index in [0.29, 0.717) is 19.4 Å². The predicted octanol–water partition coefficient (Wildman–Crippen LogP) is 2.73. The number of carboxylic acids is 1. The van der Waals surface area contributed by atoms with E-state index >= 15 is 0 Å². The highest BCUT2D eigenvalue weighted by Crippen LogP contribution is 2.14. The number of hydrogen-bond acceptors (Lipinski definition) is 3. The van der Waals surface area contributed by atoms with E-state index in [4.69, 9.17) is 5.11 Å². The van der Waals surface area contributed by atoms with Gasteiger partial charge in [0.1, 0.15) is 0 Å². The molecular formula is C15H25NO4. The van der Waals surface area contributed by atoms with Crippen molar-refractivity contribution >= 4 is 17.8 Å². The first-order chi connectivity index (χ1) is 9.61. The highest BCUT2D eigenvalue weighted by Gasteiger charge is 2.27. The van der Waals surface area contributed by atoms with Crippen LogP contribution in [-0.4, -0.2) is 34.3 Å². The molecule has 0 atom stereocenters. The molecule has 1 aliphatic rings. The van der Waals surface area contributed by atoms with Gasteiger partial charge in [-0.25, -0.2) is 0 Å². The van der Waals surface area contributed by atoms with Gasteiger partial charge in [0.15, 0.2) is 0 Å². The normalized spacial score (nSPS) is 15.1. The van der Waals surface area contributed by atoms with E-state index in [0.717, 1.165) is 51.4 Å². The number of amides is 2. The largest absolute Gasteiger partial charge is 0.481 e. The third kappa shape index (κ3) is 6.68. The van der Waals surface area contributed by atoms with Crippen LogP contribution in [0.3, 0.4) is 0 Å². The first-order valence-corrected chi connectivity index (χ1v) is 7.66. The van der Waals surface area contributed by atoms with E-state index in [1.165, 1.54) is 4.90 Å². The molecule has 0 aromatic heterocycles. The summed E-state index contributed by atoms with van der Waals surface area (Å²) >= 11 is 0. The maximum absolute atomic E-state index is 11.4. The number of carbonyl (C=O) groups is 3. The van der Waals surface area contributed by atoms with Crippen LogP contribution in [0.2, 0.25) is 0 Å². The van der Waals surface area contributed by atoms with E-state index in [1.54, 1.807) is 0 Å². The van der Waals surface area contributed by atoms with Gasteiger partial charge in [0.25, 0.3) is 0 Å². The van der Waals surface area contributed by atoms with E-state index in [1.807, 2.05) is 0 Å². The fraction of sp³-hybridized carbons (Fsp3) is 0.800. The minimum atomic E-state index is -0.712. The van der Waals surface area contributed by atoms with Crippen LogP contribution in [-0.2, 0) is 14.4 Å². The first kappa shape index (κ1) is 16.7. The molecule has 0 bridgehead atoms. The Morgan fingerprint density at radius 2 is 1.30 bits per heavy atom. The van der Waals surface area contributed by atoms with Gasteiger partial charge < -0.3 is 5.11 Å². The van der Waals surface area contributed by atoms with Crippen molar-refractivity contribution in [3.05, 3.63) is 0 Å². The Bertz CT molecular complexity index is 325. The third-order valence-corrected chi connectivity index (χ3v) is 3.68. The fourth-order valence-electron chi connectivity index (χ4n) is 2.48. The van der Waals surface area contributed by atoms with Gasteiger partial charge in [-0.05, 0) is 12.8 Å². The van der Waals surface area contributed by atoms with Gasteiger partial charge in [-0.1, -0.05) is 38.5 Å². The van der Waals surface area contributed by atoms with Crippen LogP contribution >= 0.6 is 0 Å². The lowest BCUT2D eigenvalue weighted by atomic mass is 10.1. The molecule has 1 heterocycles. The van der Waals surface area contributed by atoms with Crippen molar-refractivity contribution in [3.63, 3.8) is 0 Å². The van der Waals surface area contributed by atoms with Crippen molar-refractivity contribution in [1.29, 1.82) is 0 Å². The molecule has 1 fully saturated rings. The van der Waals surface area contributed by atoms with Crippen molar-refractivity contribution in [2.24, 2.45) is 0 Å². The lowest BCUT2D eigenvalue weighted by Crippen LogP contribution is -2.29. The highest BCUT2D eigenvalue weighted by atomic mass is 16.4. The third-order valence-electron chi connectivity index (χ3n) is 3.68. The second-order valence-corrected chi connectivity index (χ2v) is 5.41. The monoisotopic (exact) mass is 283 g/mol. The van der Waals surface area contributed by atoms with Crippen LogP contribution in [0, 0.1) is 0 Å². The average molecular weight is 283 g/mol. The first-order valence-electron chi connectivity index (χ1n) is 7.66. The Balaban J connectivity index is 1.86. The topological polar surface area (TPSA) is 74.7 Å². The smallest absolute Gasteiger partial charge is 0.303 e. The van der Waals surface area contributed by atoms with Crippen LogP contribution in [0.1, 0.15) is 70.6 Å². The van der Waals surface area contributed by atoms with E-state index in [2.05, 4.69) is 0 Å². The summed E-state index contributed by atoms with van der Waals surface area (Å²) in [7, 11) is 0. The van der Waals surface area contributed by atoms with Crippen molar-refractivity contribution in [2.45, 2.75) is 70.6 Å². The summed E-state index contributed by atoms with van der Waals surface area (Å²) in [6.45, 7) is 0.580. The van der Waals surface area contributed by atoms with Gasteiger partial charge in [-0.2, -0.15) is 0 Å². The van der Waals surface area contributed by atoms with E-state index in [-0.39, 0.29) is 18.2 Å². The lowest BCUT2D eigenvalue weighted by Gasteiger charge is -2.12. The van der Waals surface area contributed by atoms with Gasteiger partial charge >= 0.3 is 5.97 Å². The predicted molar refractivity (Wildman–Crippen MR) is 75.1 cm³/mol. The molecule has 1 aliphatic heterocycles. The van der Waals surface area contributed by atoms with Crippen LogP contribution in [0.5, 0.6) is 0 Å². The number of hydrogen-bond donors (Lipinski definition) is 1. The minimum Gasteiger partial charge on any atom is -0.481 e. The number of rotatable bonds is 11. The molecule has 0 saturated carbocycles. The minimum absolute atomic E-state index is 0.0200. The molecule has 0 aromatic rings. The van der Waals surface area contributed by atoms with Gasteiger partial charge in [0.2, 0.25) is 11.8 Å². The van der Waals surface area contributed by atoms with E-state index in [9.17, 15) is 14.4 Å². The second kappa shape index (κ2) is 9.50. The average Bonchev–Trinajstić information content (AvgIpc) is 2.71. The summed E-state index contributed by atoms with van der Waals surface area (Å²) < 4.78 is 0. The number of carboxylic acid groups (broad SMARTS) is 1. The standard InChI is InChI=1S/C15H25NO4/c17-13-10-11-14(18)16(13)12-8-6-4-2-1-3-5-7-9-15(19)20/h1-12H2,(H,19,20). The molecule has 1 N–H and O–H groups in total. The Labute approximate surface area is 120 Å². The van der Waals surface area contributed by atoms with Crippen molar-refractivity contribution < 1.29 is 19.5 Å². The summed E-state index contributed by atoms with van der Waals surface area (Å²) in [5.74, 6) is -0.752. The van der Waals surface area contributed by atoms with Gasteiger partial charge in [0.05, 0.1) is 0 Å². The van der Waals surface area contributed by atoms with Crippen molar-refractivity contribution in [1.82, 2.24) is 4.90 Å². The zero-order valence-electron chi connectivity index (χ0n) is 12.1. The quantitative estimate of drug-likeness (QED) is 0.467. The van der Waals surface area contributed by atoms with Crippen LogP contribution in [0.4, 0.5) is 0 Å². The number of carbonyl (C=O) groups excluding carboxylic acids is 2. The molecule has 0 radical (unpaired) electrons. The molecule has 2 amide bonds. The summed E-state index contributed by atoms with van der Waals surface area (Å²) in [5, 5.41) is 8.49. The van der Waals surface area contributed by atoms with E-state index < -0.39 is 5.97 Å². The Hall–Kier alpha value is -1.39. The molecule has 0 aromatic carbocycles. The molecule has 5 heteroatoms. The molecule has 0 unspecified atom stereocenters. The maximum Gasteiger partial charge on any atom is 0.303 e. The lowest BCUT2D eigenvalue weighted by molar-refractivity contribution is -0.139. The molecule has 0 aliphatic carbocycles. The summed E-state index contributed by atoms with van der Waals surface area (Å²) in [6, 6.07) is 0. The van der Waals surface area contributed by atoms with Gasteiger partial charge in [-0.15, -0.1) is 0 Å². The Kier molecular flexibility index (Phi) is 7.92. The second-order valence-electron chi connectivity index (χ2n) is 5.41. The Morgan fingerprint density at radius 1 is 0.850 bits per heavy atom.